The molecule has 0 radical (unpaired) electrons. The molecule has 1 aromatic rings. The van der Waals surface area contributed by atoms with Crippen LogP contribution in [0.5, 0.6) is 0 Å². The molecule has 2 atom stereocenters. The predicted octanol–water partition coefficient (Wildman–Crippen LogP) is 1.60. The zero-order valence-electron chi connectivity index (χ0n) is 10.9. The number of fused-ring (bicyclic) bond motifs is 1. The summed E-state index contributed by atoms with van der Waals surface area (Å²) >= 11 is 0. The van der Waals surface area contributed by atoms with Gasteiger partial charge in [0.25, 0.3) is 0 Å². The standard InChI is InChI=1S/C15H13NO4/c1-8-6-9(3-5-13(17)18)2-4-12(8)16-14(19)10-7-11(10)15(16)20/h2-6,10-11H,7H2,1H3,(H,17,18). The van der Waals surface area contributed by atoms with Gasteiger partial charge in [0.15, 0.2) is 0 Å². The van der Waals surface area contributed by atoms with Gasteiger partial charge in [0.1, 0.15) is 0 Å². The van der Waals surface area contributed by atoms with Crippen LogP contribution in [0.1, 0.15) is 17.5 Å². The van der Waals surface area contributed by atoms with E-state index < -0.39 is 5.97 Å². The lowest BCUT2D eigenvalue weighted by Crippen LogP contribution is -2.33. The van der Waals surface area contributed by atoms with Crippen molar-refractivity contribution < 1.29 is 19.5 Å². The predicted molar refractivity (Wildman–Crippen MR) is 71.9 cm³/mol. The lowest BCUT2D eigenvalue weighted by Gasteiger charge is -2.19. The molecule has 1 saturated heterocycles. The van der Waals surface area contributed by atoms with Crippen LogP contribution in [0.2, 0.25) is 0 Å². The monoisotopic (exact) mass is 271 g/mol. The van der Waals surface area contributed by atoms with Crippen molar-refractivity contribution >= 4 is 29.5 Å². The fourth-order valence-electron chi connectivity index (χ4n) is 2.62. The molecule has 0 bridgehead atoms. The molecule has 2 fully saturated rings. The largest absolute Gasteiger partial charge is 0.478 e. The summed E-state index contributed by atoms with van der Waals surface area (Å²) in [4.78, 5) is 35.8. The van der Waals surface area contributed by atoms with Gasteiger partial charge in [-0.05, 0) is 42.7 Å². The van der Waals surface area contributed by atoms with Gasteiger partial charge in [0.05, 0.1) is 17.5 Å². The first kappa shape index (κ1) is 12.6. The van der Waals surface area contributed by atoms with Crippen molar-refractivity contribution in [1.82, 2.24) is 0 Å². The van der Waals surface area contributed by atoms with E-state index in [1.54, 1.807) is 25.1 Å². The third-order valence-corrected chi connectivity index (χ3v) is 3.75. The number of carbonyl (C=O) groups excluding carboxylic acids is 2. The number of carboxylic acid groups (broad SMARTS) is 1. The molecule has 102 valence electrons. The van der Waals surface area contributed by atoms with Gasteiger partial charge in [-0.2, -0.15) is 0 Å². The van der Waals surface area contributed by atoms with Crippen LogP contribution in [0.15, 0.2) is 24.3 Å². The zero-order chi connectivity index (χ0) is 14.4. The molecule has 0 aromatic heterocycles. The molecule has 5 heteroatoms. The quantitative estimate of drug-likeness (QED) is 0.669. The molecule has 1 N–H and O–H groups in total. The van der Waals surface area contributed by atoms with E-state index >= 15 is 0 Å². The Morgan fingerprint density at radius 3 is 2.50 bits per heavy atom. The number of rotatable bonds is 3. The van der Waals surface area contributed by atoms with E-state index in [-0.39, 0.29) is 23.7 Å². The summed E-state index contributed by atoms with van der Waals surface area (Å²) in [7, 11) is 0. The maximum atomic E-state index is 12.0. The van der Waals surface area contributed by atoms with E-state index in [0.717, 1.165) is 17.2 Å². The molecule has 0 spiro atoms. The number of amides is 2. The molecule has 2 amide bonds. The fraction of sp³-hybridized carbons (Fsp3) is 0.267. The first-order valence-corrected chi connectivity index (χ1v) is 6.38. The second kappa shape index (κ2) is 4.30. The number of hydrogen-bond donors (Lipinski definition) is 1. The zero-order valence-corrected chi connectivity index (χ0v) is 10.9. The highest BCUT2D eigenvalue weighted by molar-refractivity contribution is 6.25. The second-order valence-corrected chi connectivity index (χ2v) is 5.18. The molecule has 1 heterocycles. The normalized spacial score (nSPS) is 24.4. The summed E-state index contributed by atoms with van der Waals surface area (Å²) in [5.74, 6) is -1.48. The average molecular weight is 271 g/mol. The van der Waals surface area contributed by atoms with E-state index in [9.17, 15) is 14.4 Å². The van der Waals surface area contributed by atoms with Crippen LogP contribution in [-0.4, -0.2) is 22.9 Å². The van der Waals surface area contributed by atoms with Gasteiger partial charge in [-0.25, -0.2) is 9.69 Å². The van der Waals surface area contributed by atoms with Crippen LogP contribution in [0, 0.1) is 18.8 Å². The number of carboxylic acids is 1. The summed E-state index contributed by atoms with van der Waals surface area (Å²) in [6.07, 6.45) is 3.21. The SMILES string of the molecule is Cc1cc(C=CC(=O)O)ccc1N1C(=O)C2CC2C1=O. The molecule has 5 nitrogen and oxygen atoms in total. The van der Waals surface area contributed by atoms with Gasteiger partial charge >= 0.3 is 5.97 Å². The molecule has 3 rings (SSSR count). The molecule has 2 unspecified atom stereocenters. The number of piperidine rings is 1. The highest BCUT2D eigenvalue weighted by Crippen LogP contribution is 2.48. The van der Waals surface area contributed by atoms with Crippen molar-refractivity contribution in [3.63, 3.8) is 0 Å². The van der Waals surface area contributed by atoms with Crippen LogP contribution in [0.3, 0.4) is 0 Å². The number of aryl methyl sites for hydroxylation is 1. The fourth-order valence-corrected chi connectivity index (χ4v) is 2.62. The molecule has 1 saturated carbocycles. The Bertz CT molecular complexity index is 642. The molecule has 2 aliphatic rings. The molecular formula is C15H13NO4. The van der Waals surface area contributed by atoms with Crippen molar-refractivity contribution in [3.05, 3.63) is 35.4 Å². The van der Waals surface area contributed by atoms with Crippen molar-refractivity contribution in [2.24, 2.45) is 11.8 Å². The summed E-state index contributed by atoms with van der Waals surface area (Å²) in [6.45, 7) is 1.80. The number of benzene rings is 1. The van der Waals surface area contributed by atoms with E-state index in [0.29, 0.717) is 12.1 Å². The first-order valence-electron chi connectivity index (χ1n) is 6.38. The molecular weight excluding hydrogens is 258 g/mol. The lowest BCUT2D eigenvalue weighted by atomic mass is 10.1. The molecule has 1 aliphatic heterocycles. The Labute approximate surface area is 115 Å². The number of nitrogens with zero attached hydrogens (tertiary/aromatic N) is 1. The van der Waals surface area contributed by atoms with Gasteiger partial charge in [0.2, 0.25) is 11.8 Å². The summed E-state index contributed by atoms with van der Waals surface area (Å²) in [6, 6.07) is 5.16. The highest BCUT2D eigenvalue weighted by Gasteiger charge is 2.59. The van der Waals surface area contributed by atoms with Crippen molar-refractivity contribution in [2.45, 2.75) is 13.3 Å². The maximum Gasteiger partial charge on any atom is 0.328 e. The van der Waals surface area contributed by atoms with Crippen molar-refractivity contribution in [3.8, 4) is 0 Å². The molecule has 20 heavy (non-hydrogen) atoms. The summed E-state index contributed by atoms with van der Waals surface area (Å²) < 4.78 is 0. The molecule has 1 aliphatic carbocycles. The number of aliphatic carboxylic acids is 1. The Morgan fingerprint density at radius 1 is 1.30 bits per heavy atom. The van der Waals surface area contributed by atoms with Gasteiger partial charge in [0, 0.05) is 6.08 Å². The maximum absolute atomic E-state index is 12.0. The Kier molecular flexibility index (Phi) is 2.71. The highest BCUT2D eigenvalue weighted by atomic mass is 16.4. The van der Waals surface area contributed by atoms with Gasteiger partial charge < -0.3 is 5.11 Å². The number of anilines is 1. The third-order valence-electron chi connectivity index (χ3n) is 3.75. The summed E-state index contributed by atoms with van der Waals surface area (Å²) in [5, 5.41) is 8.59. The Morgan fingerprint density at radius 2 is 1.95 bits per heavy atom. The minimum Gasteiger partial charge on any atom is -0.478 e. The number of carbonyl (C=O) groups is 3. The smallest absolute Gasteiger partial charge is 0.328 e. The van der Waals surface area contributed by atoms with E-state index in [1.165, 1.54) is 11.0 Å². The minimum absolute atomic E-state index is 0.114. The molecule has 1 aromatic carbocycles. The van der Waals surface area contributed by atoms with E-state index in [1.807, 2.05) is 0 Å². The van der Waals surface area contributed by atoms with Gasteiger partial charge in [-0.3, -0.25) is 9.59 Å². The average Bonchev–Trinajstić information content (AvgIpc) is 3.14. The van der Waals surface area contributed by atoms with Crippen molar-refractivity contribution in [2.75, 3.05) is 4.90 Å². The Hall–Kier alpha value is -2.43. The third kappa shape index (κ3) is 1.91. The van der Waals surface area contributed by atoms with E-state index in [2.05, 4.69) is 0 Å². The van der Waals surface area contributed by atoms with Crippen LogP contribution >= 0.6 is 0 Å². The van der Waals surface area contributed by atoms with Crippen LogP contribution in [0.25, 0.3) is 6.08 Å². The van der Waals surface area contributed by atoms with Gasteiger partial charge in [-0.1, -0.05) is 6.07 Å². The van der Waals surface area contributed by atoms with Crippen LogP contribution in [0.4, 0.5) is 5.69 Å². The number of hydrogen-bond acceptors (Lipinski definition) is 3. The van der Waals surface area contributed by atoms with Crippen LogP contribution in [-0.2, 0) is 14.4 Å². The summed E-state index contributed by atoms with van der Waals surface area (Å²) in [5.41, 5.74) is 2.10. The minimum atomic E-state index is -1.02. The number of imide groups is 1. The van der Waals surface area contributed by atoms with Crippen molar-refractivity contribution in [1.29, 1.82) is 0 Å². The Balaban J connectivity index is 1.90. The lowest BCUT2D eigenvalue weighted by molar-refractivity contribution is -0.131. The topological polar surface area (TPSA) is 74.7 Å². The second-order valence-electron chi connectivity index (χ2n) is 5.18. The van der Waals surface area contributed by atoms with Crippen LogP contribution < -0.4 is 4.90 Å². The van der Waals surface area contributed by atoms with E-state index in [4.69, 9.17) is 5.11 Å². The first-order chi connectivity index (χ1) is 9.49. The van der Waals surface area contributed by atoms with Gasteiger partial charge in [-0.15, -0.1) is 0 Å².